The van der Waals surface area contributed by atoms with Crippen LogP contribution in [-0.2, 0) is 0 Å². The molecule has 3 heteroatoms. The summed E-state index contributed by atoms with van der Waals surface area (Å²) in [4.78, 5) is 0. The van der Waals surface area contributed by atoms with Gasteiger partial charge in [-0.1, -0.05) is 19.1 Å². The molecule has 96 valence electrons. The zero-order chi connectivity index (χ0) is 13.1. The molecule has 0 fully saturated rings. The summed E-state index contributed by atoms with van der Waals surface area (Å²) < 4.78 is 19.3. The van der Waals surface area contributed by atoms with Crippen molar-refractivity contribution >= 4 is 0 Å². The molecule has 0 radical (unpaired) electrons. The van der Waals surface area contributed by atoms with Crippen molar-refractivity contribution in [2.45, 2.75) is 26.8 Å². The highest BCUT2D eigenvalue weighted by molar-refractivity contribution is 5.30. The Morgan fingerprint density at radius 3 is 2.56 bits per heavy atom. The van der Waals surface area contributed by atoms with Crippen molar-refractivity contribution in [2.75, 3.05) is 6.54 Å². The molecule has 18 heavy (non-hydrogen) atoms. The highest BCUT2D eigenvalue weighted by atomic mass is 19.1. The van der Waals surface area contributed by atoms with E-state index in [-0.39, 0.29) is 11.9 Å². The molecular formula is C15H18FNO. The molecule has 0 spiro atoms. The van der Waals surface area contributed by atoms with Crippen molar-refractivity contribution < 1.29 is 8.81 Å². The minimum Gasteiger partial charge on any atom is -0.464 e. The first-order valence-corrected chi connectivity index (χ1v) is 6.17. The van der Waals surface area contributed by atoms with Crippen LogP contribution in [0, 0.1) is 19.7 Å². The molecule has 1 unspecified atom stereocenters. The predicted octanol–water partition coefficient (Wildman–Crippen LogP) is 3.73. The molecule has 0 aliphatic heterocycles. The average molecular weight is 247 g/mol. The van der Waals surface area contributed by atoms with Gasteiger partial charge in [-0.3, -0.25) is 0 Å². The molecule has 2 rings (SSSR count). The van der Waals surface area contributed by atoms with Crippen LogP contribution < -0.4 is 5.32 Å². The van der Waals surface area contributed by atoms with Gasteiger partial charge in [0.05, 0.1) is 6.04 Å². The molecule has 0 bridgehead atoms. The minimum absolute atomic E-state index is 0.0983. The lowest BCUT2D eigenvalue weighted by atomic mass is 10.0. The molecular weight excluding hydrogens is 229 g/mol. The summed E-state index contributed by atoms with van der Waals surface area (Å²) >= 11 is 0. The van der Waals surface area contributed by atoms with E-state index in [4.69, 9.17) is 4.42 Å². The van der Waals surface area contributed by atoms with E-state index in [9.17, 15) is 4.39 Å². The quantitative estimate of drug-likeness (QED) is 0.890. The van der Waals surface area contributed by atoms with Gasteiger partial charge in [0.25, 0.3) is 0 Å². The van der Waals surface area contributed by atoms with Crippen LogP contribution in [0.25, 0.3) is 0 Å². The third-order valence-corrected chi connectivity index (χ3v) is 2.98. The van der Waals surface area contributed by atoms with E-state index >= 15 is 0 Å². The number of rotatable bonds is 4. The monoisotopic (exact) mass is 247 g/mol. The molecule has 2 aromatic rings. The third kappa shape index (κ3) is 2.62. The van der Waals surface area contributed by atoms with Crippen molar-refractivity contribution in [3.63, 3.8) is 0 Å². The molecule has 0 saturated heterocycles. The lowest BCUT2D eigenvalue weighted by molar-refractivity contribution is 0.434. The molecule has 0 saturated carbocycles. The maximum absolute atomic E-state index is 13.6. The Morgan fingerprint density at radius 1 is 1.22 bits per heavy atom. The first kappa shape index (κ1) is 12.8. The SMILES string of the molecule is CCNC(c1ccc(C)c(F)c1)c1ccc(C)o1. The summed E-state index contributed by atoms with van der Waals surface area (Å²) in [5.74, 6) is 1.50. The fraction of sp³-hybridized carbons (Fsp3) is 0.333. The normalized spacial score (nSPS) is 12.7. The fourth-order valence-corrected chi connectivity index (χ4v) is 1.98. The van der Waals surface area contributed by atoms with Gasteiger partial charge in [0, 0.05) is 0 Å². The largest absolute Gasteiger partial charge is 0.464 e. The van der Waals surface area contributed by atoms with Gasteiger partial charge < -0.3 is 9.73 Å². The van der Waals surface area contributed by atoms with Gasteiger partial charge in [-0.15, -0.1) is 0 Å². The third-order valence-electron chi connectivity index (χ3n) is 2.98. The van der Waals surface area contributed by atoms with Gasteiger partial charge in [-0.25, -0.2) is 4.39 Å². The van der Waals surface area contributed by atoms with E-state index in [1.807, 2.05) is 32.0 Å². The van der Waals surface area contributed by atoms with Gasteiger partial charge in [0.15, 0.2) is 0 Å². The van der Waals surface area contributed by atoms with E-state index in [0.29, 0.717) is 5.56 Å². The summed E-state index contributed by atoms with van der Waals surface area (Å²) in [6.45, 7) is 6.48. The summed E-state index contributed by atoms with van der Waals surface area (Å²) in [5.41, 5.74) is 1.54. The maximum atomic E-state index is 13.6. The zero-order valence-electron chi connectivity index (χ0n) is 11.0. The second-order valence-corrected chi connectivity index (χ2v) is 4.45. The van der Waals surface area contributed by atoms with Gasteiger partial charge in [0.1, 0.15) is 17.3 Å². The molecule has 1 aromatic carbocycles. The highest BCUT2D eigenvalue weighted by Crippen LogP contribution is 2.25. The van der Waals surface area contributed by atoms with E-state index in [1.165, 1.54) is 0 Å². The van der Waals surface area contributed by atoms with E-state index in [0.717, 1.165) is 23.6 Å². The summed E-state index contributed by atoms with van der Waals surface area (Å²) in [7, 11) is 0. The van der Waals surface area contributed by atoms with Crippen LogP contribution in [0.5, 0.6) is 0 Å². The van der Waals surface area contributed by atoms with Crippen molar-refractivity contribution in [3.05, 3.63) is 58.8 Å². The van der Waals surface area contributed by atoms with E-state index < -0.39 is 0 Å². The average Bonchev–Trinajstić information content (AvgIpc) is 2.76. The Morgan fingerprint density at radius 2 is 2.00 bits per heavy atom. The van der Waals surface area contributed by atoms with E-state index in [1.54, 1.807) is 19.1 Å². The fourth-order valence-electron chi connectivity index (χ4n) is 1.98. The Balaban J connectivity index is 2.37. The standard InChI is InChI=1S/C15H18FNO/c1-4-17-15(14-8-6-11(3)18-14)12-7-5-10(2)13(16)9-12/h5-9,15,17H,4H2,1-3H3. The molecule has 1 N–H and O–H groups in total. The van der Waals surface area contributed by atoms with Crippen molar-refractivity contribution in [1.29, 1.82) is 0 Å². The minimum atomic E-state index is -0.182. The molecule has 0 aliphatic carbocycles. The second kappa shape index (κ2) is 5.36. The summed E-state index contributed by atoms with van der Waals surface area (Å²) in [5, 5.41) is 3.31. The summed E-state index contributed by atoms with van der Waals surface area (Å²) in [6, 6.07) is 9.05. The van der Waals surface area contributed by atoms with Gasteiger partial charge in [-0.2, -0.15) is 0 Å². The maximum Gasteiger partial charge on any atom is 0.126 e. The predicted molar refractivity (Wildman–Crippen MR) is 70.1 cm³/mol. The molecule has 0 aliphatic rings. The first-order valence-electron chi connectivity index (χ1n) is 6.17. The van der Waals surface area contributed by atoms with E-state index in [2.05, 4.69) is 5.32 Å². The lowest BCUT2D eigenvalue weighted by Gasteiger charge is -2.16. The lowest BCUT2D eigenvalue weighted by Crippen LogP contribution is -2.21. The van der Waals surface area contributed by atoms with Gasteiger partial charge >= 0.3 is 0 Å². The van der Waals surface area contributed by atoms with Gasteiger partial charge in [0.2, 0.25) is 0 Å². The van der Waals surface area contributed by atoms with Crippen LogP contribution in [0.15, 0.2) is 34.7 Å². The zero-order valence-corrected chi connectivity index (χ0v) is 11.0. The number of benzene rings is 1. The van der Waals surface area contributed by atoms with Crippen LogP contribution in [-0.4, -0.2) is 6.54 Å². The van der Waals surface area contributed by atoms with Crippen LogP contribution in [0.1, 0.15) is 35.6 Å². The highest BCUT2D eigenvalue weighted by Gasteiger charge is 2.17. The number of hydrogen-bond donors (Lipinski definition) is 1. The van der Waals surface area contributed by atoms with Gasteiger partial charge in [-0.05, 0) is 49.7 Å². The second-order valence-electron chi connectivity index (χ2n) is 4.45. The van der Waals surface area contributed by atoms with Crippen LogP contribution in [0.3, 0.4) is 0 Å². The number of hydrogen-bond acceptors (Lipinski definition) is 2. The Bertz CT molecular complexity index is 533. The Kier molecular flexibility index (Phi) is 3.82. The molecule has 2 nitrogen and oxygen atoms in total. The van der Waals surface area contributed by atoms with Crippen molar-refractivity contribution in [3.8, 4) is 0 Å². The summed E-state index contributed by atoms with van der Waals surface area (Å²) in [6.07, 6.45) is 0. The topological polar surface area (TPSA) is 25.2 Å². The molecule has 0 amide bonds. The molecule has 1 aromatic heterocycles. The number of aryl methyl sites for hydroxylation is 2. The number of nitrogens with one attached hydrogen (secondary N) is 1. The number of furan rings is 1. The van der Waals surface area contributed by atoms with Crippen LogP contribution in [0.4, 0.5) is 4.39 Å². The molecule has 1 heterocycles. The van der Waals surface area contributed by atoms with Crippen LogP contribution in [0.2, 0.25) is 0 Å². The molecule has 1 atom stereocenters. The van der Waals surface area contributed by atoms with Crippen molar-refractivity contribution in [2.24, 2.45) is 0 Å². The first-order chi connectivity index (χ1) is 8.61. The smallest absolute Gasteiger partial charge is 0.126 e. The van der Waals surface area contributed by atoms with Crippen LogP contribution >= 0.6 is 0 Å². The Hall–Kier alpha value is -1.61. The van der Waals surface area contributed by atoms with Crippen molar-refractivity contribution in [1.82, 2.24) is 5.32 Å². The Labute approximate surface area is 107 Å². The number of halogens is 1.